The topological polar surface area (TPSA) is 124 Å². The zero-order valence-corrected chi connectivity index (χ0v) is 21.8. The monoisotopic (exact) mass is 507 g/mol. The quantitative estimate of drug-likeness (QED) is 0.482. The average Bonchev–Trinajstić information content (AvgIpc) is 3.29. The molecule has 0 saturated carbocycles. The van der Waals surface area contributed by atoms with E-state index in [0.717, 1.165) is 6.26 Å². The minimum atomic E-state index is -3.23. The van der Waals surface area contributed by atoms with Crippen molar-refractivity contribution >= 4 is 27.5 Å². The Hall–Kier alpha value is -2.60. The summed E-state index contributed by atoms with van der Waals surface area (Å²) in [6, 6.07) is -0.187. The van der Waals surface area contributed by atoms with E-state index in [1.165, 1.54) is 29.6 Å². The van der Waals surface area contributed by atoms with Gasteiger partial charge in [0.15, 0.2) is 0 Å². The lowest BCUT2D eigenvalue weighted by molar-refractivity contribution is -0.115. The maximum absolute atomic E-state index is 13.1. The Bertz CT molecular complexity index is 864. The maximum atomic E-state index is 13.1. The first kappa shape index (κ1) is 33.6. The van der Waals surface area contributed by atoms with Crippen LogP contribution in [-0.4, -0.2) is 66.8 Å². The fourth-order valence-corrected chi connectivity index (χ4v) is 3.47. The van der Waals surface area contributed by atoms with Crippen LogP contribution in [0.2, 0.25) is 0 Å². The van der Waals surface area contributed by atoms with Crippen LogP contribution in [0, 0.1) is 0 Å². The Morgan fingerprint density at radius 1 is 1.26 bits per heavy atom. The summed E-state index contributed by atoms with van der Waals surface area (Å²) in [5.41, 5.74) is 0.217. The van der Waals surface area contributed by atoms with E-state index in [4.69, 9.17) is 0 Å². The highest BCUT2D eigenvalue weighted by Crippen LogP contribution is 2.17. The number of aromatic nitrogens is 2. The van der Waals surface area contributed by atoms with Gasteiger partial charge in [0.2, 0.25) is 15.9 Å². The lowest BCUT2D eigenvalue weighted by Gasteiger charge is -2.30. The first-order valence-electron chi connectivity index (χ1n) is 11.2. The van der Waals surface area contributed by atoms with Crippen molar-refractivity contribution in [3.63, 3.8) is 0 Å². The van der Waals surface area contributed by atoms with Crippen LogP contribution in [0.3, 0.4) is 0 Å². The van der Waals surface area contributed by atoms with Crippen LogP contribution in [0.1, 0.15) is 64.4 Å². The van der Waals surface area contributed by atoms with Gasteiger partial charge in [-0.15, -0.1) is 6.58 Å². The van der Waals surface area contributed by atoms with E-state index in [2.05, 4.69) is 27.4 Å². The summed E-state index contributed by atoms with van der Waals surface area (Å²) in [4.78, 5) is 24.1. The SMILES string of the molecule is C/C=C(/F)CC(=O)Nc1cn[nH]c1C(=O)NC1CCN(S(C)(=O)=O)CC1.C=CCF.CC.CC. The Kier molecular flexibility index (Phi) is 18.5. The van der Waals surface area contributed by atoms with Gasteiger partial charge in [0.25, 0.3) is 5.91 Å². The Morgan fingerprint density at radius 3 is 2.24 bits per heavy atom. The molecule has 0 radical (unpaired) electrons. The number of alkyl halides is 1. The van der Waals surface area contributed by atoms with Crippen molar-refractivity contribution in [3.05, 3.63) is 36.4 Å². The number of hydrogen-bond donors (Lipinski definition) is 3. The highest BCUT2D eigenvalue weighted by Gasteiger charge is 2.27. The van der Waals surface area contributed by atoms with Gasteiger partial charge < -0.3 is 10.6 Å². The molecule has 2 heterocycles. The van der Waals surface area contributed by atoms with Gasteiger partial charge >= 0.3 is 0 Å². The van der Waals surface area contributed by atoms with Gasteiger partial charge in [-0.3, -0.25) is 14.7 Å². The minimum Gasteiger partial charge on any atom is -0.348 e. The third-order valence-electron chi connectivity index (χ3n) is 4.15. The number of carbonyl (C=O) groups is 2. The molecular weight excluding hydrogens is 468 g/mol. The number of aromatic amines is 1. The number of rotatable bonds is 7. The molecular formula is C22H39F2N5O4S. The lowest BCUT2D eigenvalue weighted by atomic mass is 10.1. The molecule has 2 rings (SSSR count). The minimum absolute atomic E-state index is 0.0600. The Balaban J connectivity index is 0. The molecule has 1 aliphatic rings. The summed E-state index contributed by atoms with van der Waals surface area (Å²) in [6.45, 7) is 12.8. The largest absolute Gasteiger partial charge is 0.348 e. The zero-order valence-electron chi connectivity index (χ0n) is 21.0. The number of nitrogens with one attached hydrogen (secondary N) is 3. The summed E-state index contributed by atoms with van der Waals surface area (Å²) in [6.07, 6.45) is 5.37. The molecule has 0 spiro atoms. The number of halogens is 2. The first-order chi connectivity index (χ1) is 16.1. The summed E-state index contributed by atoms with van der Waals surface area (Å²) in [5, 5.41) is 11.5. The van der Waals surface area contributed by atoms with Crippen LogP contribution >= 0.6 is 0 Å². The summed E-state index contributed by atoms with van der Waals surface area (Å²) < 4.78 is 48.1. The van der Waals surface area contributed by atoms with Crippen molar-refractivity contribution in [2.24, 2.45) is 0 Å². The maximum Gasteiger partial charge on any atom is 0.271 e. The summed E-state index contributed by atoms with van der Waals surface area (Å²) in [5.74, 6) is -1.64. The van der Waals surface area contributed by atoms with Gasteiger partial charge in [0.05, 0.1) is 24.6 Å². The number of sulfonamides is 1. The van der Waals surface area contributed by atoms with Crippen LogP contribution in [0.4, 0.5) is 14.5 Å². The number of H-pyrrole nitrogens is 1. The van der Waals surface area contributed by atoms with Crippen LogP contribution in [0.15, 0.2) is 30.8 Å². The van der Waals surface area contributed by atoms with Gasteiger partial charge in [0, 0.05) is 19.1 Å². The van der Waals surface area contributed by atoms with Crippen LogP contribution in [0.5, 0.6) is 0 Å². The van der Waals surface area contributed by atoms with E-state index >= 15 is 0 Å². The van der Waals surface area contributed by atoms with E-state index < -0.39 is 40.8 Å². The number of hydrogen-bond acceptors (Lipinski definition) is 5. The first-order valence-corrected chi connectivity index (χ1v) is 13.0. The van der Waals surface area contributed by atoms with E-state index in [-0.39, 0.29) is 17.4 Å². The third kappa shape index (κ3) is 13.2. The van der Waals surface area contributed by atoms with Crippen LogP contribution < -0.4 is 10.6 Å². The number of carbonyl (C=O) groups excluding carboxylic acids is 2. The van der Waals surface area contributed by atoms with E-state index in [1.807, 2.05) is 27.7 Å². The van der Waals surface area contributed by atoms with Gasteiger partial charge in [-0.2, -0.15) is 5.10 Å². The number of nitrogens with zero attached hydrogens (tertiary/aromatic N) is 2. The fourth-order valence-electron chi connectivity index (χ4n) is 2.59. The van der Waals surface area contributed by atoms with E-state index in [0.29, 0.717) is 25.9 Å². The highest BCUT2D eigenvalue weighted by atomic mass is 32.2. The molecule has 1 saturated heterocycles. The van der Waals surface area contributed by atoms with Crippen molar-refractivity contribution in [2.75, 3.05) is 31.3 Å². The molecule has 0 atom stereocenters. The van der Waals surface area contributed by atoms with Crippen LogP contribution in [-0.2, 0) is 14.8 Å². The van der Waals surface area contributed by atoms with Crippen LogP contribution in [0.25, 0.3) is 0 Å². The smallest absolute Gasteiger partial charge is 0.271 e. The molecule has 3 N–H and O–H groups in total. The number of anilines is 1. The predicted octanol–water partition coefficient (Wildman–Crippen LogP) is 3.96. The van der Waals surface area contributed by atoms with Gasteiger partial charge in [-0.1, -0.05) is 39.8 Å². The van der Waals surface area contributed by atoms with Gasteiger partial charge in [0.1, 0.15) is 18.2 Å². The standard InChI is InChI=1S/C15H22FN5O4S.C3H5F.2C2H6/c1-3-10(16)8-13(22)19-12-9-17-20-14(12)15(23)18-11-4-6-21(7-5-11)26(2,24)25;1-2-3-4;2*1-2/h3,9,11H,4-8H2,1-2H3,(H,17,20)(H,18,23)(H,19,22);2H,1,3H2;2*1-2H3/b10-3+;;;. The van der Waals surface area contributed by atoms with Crippen molar-refractivity contribution < 1.29 is 26.8 Å². The van der Waals surface area contributed by atoms with E-state index in [1.54, 1.807) is 0 Å². The molecule has 0 aromatic carbocycles. The van der Waals surface area contributed by atoms with Crippen molar-refractivity contribution in [2.45, 2.75) is 59.9 Å². The number of piperidine rings is 1. The van der Waals surface area contributed by atoms with Crippen molar-refractivity contribution in [1.82, 2.24) is 19.8 Å². The lowest BCUT2D eigenvalue weighted by Crippen LogP contribution is -2.46. The molecule has 12 heteroatoms. The molecule has 0 unspecified atom stereocenters. The predicted molar refractivity (Wildman–Crippen MR) is 132 cm³/mol. The molecule has 9 nitrogen and oxygen atoms in total. The summed E-state index contributed by atoms with van der Waals surface area (Å²) >= 11 is 0. The van der Waals surface area contributed by atoms with Crippen molar-refractivity contribution in [1.29, 1.82) is 0 Å². The molecule has 1 aliphatic heterocycles. The highest BCUT2D eigenvalue weighted by molar-refractivity contribution is 7.88. The van der Waals surface area contributed by atoms with Crippen molar-refractivity contribution in [3.8, 4) is 0 Å². The third-order valence-corrected chi connectivity index (χ3v) is 5.45. The number of amides is 2. The summed E-state index contributed by atoms with van der Waals surface area (Å²) in [7, 11) is -3.23. The Morgan fingerprint density at radius 2 is 1.79 bits per heavy atom. The average molecular weight is 508 g/mol. The van der Waals surface area contributed by atoms with Gasteiger partial charge in [-0.25, -0.2) is 21.5 Å². The normalized spacial score (nSPS) is 14.2. The Labute approximate surface area is 202 Å². The second-order valence-electron chi connectivity index (χ2n) is 6.47. The number of allylic oxidation sites excluding steroid dienone is 2. The second-order valence-corrected chi connectivity index (χ2v) is 8.45. The molecule has 1 fully saturated rings. The molecule has 196 valence electrons. The van der Waals surface area contributed by atoms with E-state index in [9.17, 15) is 26.8 Å². The molecule has 2 amide bonds. The fraction of sp³-hybridized carbons (Fsp3) is 0.591. The zero-order chi connectivity index (χ0) is 26.7. The molecule has 34 heavy (non-hydrogen) atoms. The van der Waals surface area contributed by atoms with Gasteiger partial charge in [-0.05, 0) is 19.8 Å². The molecule has 0 bridgehead atoms. The molecule has 1 aromatic heterocycles. The second kappa shape index (κ2) is 18.8. The molecule has 0 aliphatic carbocycles. The molecule has 1 aromatic rings.